The van der Waals surface area contributed by atoms with Gasteiger partial charge in [0.1, 0.15) is 11.5 Å². The fourth-order valence-electron chi connectivity index (χ4n) is 3.36. The molecular formula is C22H22ClN5O3S. The second kappa shape index (κ2) is 9.54. The van der Waals surface area contributed by atoms with E-state index in [-0.39, 0.29) is 10.8 Å². The van der Waals surface area contributed by atoms with Crippen LogP contribution in [0.25, 0.3) is 11.7 Å². The van der Waals surface area contributed by atoms with Crippen LogP contribution < -0.4 is 10.0 Å². The summed E-state index contributed by atoms with van der Waals surface area (Å²) in [6.45, 7) is 0.636. The van der Waals surface area contributed by atoms with Crippen LogP contribution in [0.2, 0.25) is 5.15 Å². The van der Waals surface area contributed by atoms with E-state index in [1.165, 1.54) is 30.3 Å². The lowest BCUT2D eigenvalue weighted by Gasteiger charge is -2.10. The van der Waals surface area contributed by atoms with Crippen LogP contribution in [0.4, 0.5) is 5.69 Å². The number of sulfonamides is 1. The number of halogens is 1. The number of amides is 1. The average molecular weight is 472 g/mol. The van der Waals surface area contributed by atoms with Crippen molar-refractivity contribution in [3.8, 4) is 0 Å². The molecule has 0 unspecified atom stereocenters. The Morgan fingerprint density at radius 3 is 2.72 bits per heavy atom. The van der Waals surface area contributed by atoms with Gasteiger partial charge in [0.15, 0.2) is 5.15 Å². The molecule has 0 saturated carbocycles. The summed E-state index contributed by atoms with van der Waals surface area (Å²) in [5, 5.41) is 2.99. The molecule has 166 valence electrons. The van der Waals surface area contributed by atoms with Gasteiger partial charge in [0, 0.05) is 30.9 Å². The summed E-state index contributed by atoms with van der Waals surface area (Å²) in [6, 6.07) is 11.5. The molecule has 2 N–H and O–H groups in total. The fourth-order valence-corrected chi connectivity index (χ4v) is 4.69. The van der Waals surface area contributed by atoms with Gasteiger partial charge in [-0.05, 0) is 55.3 Å². The molecule has 1 amide bonds. The number of fused-ring (bicyclic) bond motifs is 1. The topological polar surface area (TPSA) is 105 Å². The number of amidine groups is 1. The lowest BCUT2D eigenvalue weighted by Crippen LogP contribution is -2.30. The predicted octanol–water partition coefficient (Wildman–Crippen LogP) is 3.89. The Kier molecular flexibility index (Phi) is 6.57. The third-order valence-corrected chi connectivity index (χ3v) is 6.65. The van der Waals surface area contributed by atoms with Gasteiger partial charge in [-0.15, -0.1) is 0 Å². The van der Waals surface area contributed by atoms with E-state index in [0.717, 1.165) is 19.3 Å². The van der Waals surface area contributed by atoms with Gasteiger partial charge in [-0.1, -0.05) is 24.1 Å². The molecule has 1 aliphatic rings. The molecule has 1 aliphatic heterocycles. The minimum Gasteiger partial charge on any atom is -0.323 e. The number of aliphatic imine (C=N–C) groups is 1. The van der Waals surface area contributed by atoms with Gasteiger partial charge in [-0.2, -0.15) is 0 Å². The van der Waals surface area contributed by atoms with Gasteiger partial charge in [0.2, 0.25) is 5.91 Å². The highest BCUT2D eigenvalue weighted by atomic mass is 35.5. The number of anilines is 1. The summed E-state index contributed by atoms with van der Waals surface area (Å²) in [4.78, 5) is 21.0. The van der Waals surface area contributed by atoms with Crippen molar-refractivity contribution >= 4 is 50.8 Å². The summed E-state index contributed by atoms with van der Waals surface area (Å²) in [5.41, 5.74) is 1.73. The second-order valence-corrected chi connectivity index (χ2v) is 9.35. The van der Waals surface area contributed by atoms with Crippen molar-refractivity contribution in [1.29, 1.82) is 0 Å². The number of imidazole rings is 1. The summed E-state index contributed by atoms with van der Waals surface area (Å²) in [5.74, 6) is 0.115. The minimum absolute atomic E-state index is 0.107. The molecular weight excluding hydrogens is 450 g/mol. The number of nitrogens with zero attached hydrogens (tertiary/aromatic N) is 3. The van der Waals surface area contributed by atoms with E-state index in [9.17, 15) is 13.2 Å². The van der Waals surface area contributed by atoms with Crippen LogP contribution in [0.1, 0.15) is 31.4 Å². The second-order valence-electron chi connectivity index (χ2n) is 7.31. The molecule has 10 heteroatoms. The first-order chi connectivity index (χ1) is 15.4. The molecule has 3 aromatic rings. The van der Waals surface area contributed by atoms with Gasteiger partial charge in [-0.3, -0.25) is 18.9 Å². The number of benzene rings is 1. The highest BCUT2D eigenvalue weighted by Gasteiger charge is 2.17. The number of pyridine rings is 1. The van der Waals surface area contributed by atoms with E-state index in [2.05, 4.69) is 20.0 Å². The summed E-state index contributed by atoms with van der Waals surface area (Å²) in [6.07, 6.45) is 8.28. The van der Waals surface area contributed by atoms with E-state index in [4.69, 9.17) is 11.6 Å². The van der Waals surface area contributed by atoms with Gasteiger partial charge < -0.3 is 5.32 Å². The van der Waals surface area contributed by atoms with Crippen LogP contribution in [-0.2, 0) is 14.8 Å². The number of nitrogens with one attached hydrogen (secondary N) is 2. The molecule has 0 aliphatic carbocycles. The number of aromatic nitrogens is 2. The van der Waals surface area contributed by atoms with Crippen molar-refractivity contribution < 1.29 is 13.2 Å². The van der Waals surface area contributed by atoms with Crippen molar-refractivity contribution in [3.05, 3.63) is 65.6 Å². The van der Waals surface area contributed by atoms with Crippen LogP contribution in [0, 0.1) is 0 Å². The Bertz CT molecular complexity index is 1300. The molecule has 0 atom stereocenters. The molecule has 1 aromatic carbocycles. The van der Waals surface area contributed by atoms with Crippen LogP contribution in [-0.4, -0.2) is 36.1 Å². The largest absolute Gasteiger partial charge is 0.323 e. The van der Waals surface area contributed by atoms with Crippen molar-refractivity contribution in [3.63, 3.8) is 0 Å². The molecule has 0 radical (unpaired) electrons. The molecule has 0 bridgehead atoms. The van der Waals surface area contributed by atoms with Gasteiger partial charge >= 0.3 is 0 Å². The molecule has 32 heavy (non-hydrogen) atoms. The van der Waals surface area contributed by atoms with Crippen molar-refractivity contribution in [2.45, 2.75) is 30.6 Å². The smallest absolute Gasteiger partial charge is 0.262 e. The summed E-state index contributed by atoms with van der Waals surface area (Å²) >= 11 is 6.16. The highest BCUT2D eigenvalue weighted by Crippen LogP contribution is 2.19. The first kappa shape index (κ1) is 22.0. The molecule has 2 aromatic heterocycles. The SMILES string of the molecule is O=C(/C=C/c1c(Cl)nc2ccccn12)Nc1ccc(S(=O)(=O)NC2=NCCCCC2)cc1. The maximum Gasteiger partial charge on any atom is 0.262 e. The molecule has 3 heterocycles. The van der Waals surface area contributed by atoms with Crippen LogP contribution in [0.15, 0.2) is 64.6 Å². The third-order valence-electron chi connectivity index (χ3n) is 4.97. The van der Waals surface area contributed by atoms with Crippen LogP contribution in [0.5, 0.6) is 0 Å². The Labute approximate surface area is 191 Å². The van der Waals surface area contributed by atoms with E-state index < -0.39 is 10.0 Å². The van der Waals surface area contributed by atoms with Crippen molar-refractivity contribution in [2.75, 3.05) is 11.9 Å². The Morgan fingerprint density at radius 2 is 1.91 bits per heavy atom. The van der Waals surface area contributed by atoms with Gasteiger partial charge in [0.05, 0.1) is 10.6 Å². The fraction of sp³-hybridized carbons (Fsp3) is 0.227. The zero-order valence-electron chi connectivity index (χ0n) is 17.2. The molecule has 0 fully saturated rings. The Morgan fingerprint density at radius 1 is 1.09 bits per heavy atom. The van der Waals surface area contributed by atoms with Crippen molar-refractivity contribution in [2.24, 2.45) is 4.99 Å². The first-order valence-corrected chi connectivity index (χ1v) is 12.1. The van der Waals surface area contributed by atoms with E-state index in [1.54, 1.807) is 16.7 Å². The number of rotatable bonds is 5. The number of hydrogen-bond acceptors (Lipinski definition) is 5. The van der Waals surface area contributed by atoms with E-state index in [0.29, 0.717) is 41.0 Å². The Hall–Kier alpha value is -3.17. The molecule has 4 rings (SSSR count). The molecule has 8 nitrogen and oxygen atoms in total. The zero-order valence-corrected chi connectivity index (χ0v) is 18.7. The Balaban J connectivity index is 1.42. The number of carbonyl (C=O) groups is 1. The first-order valence-electron chi connectivity index (χ1n) is 10.2. The number of carbonyl (C=O) groups excluding carboxylic acids is 1. The summed E-state index contributed by atoms with van der Waals surface area (Å²) in [7, 11) is -3.72. The van der Waals surface area contributed by atoms with Gasteiger partial charge in [-0.25, -0.2) is 13.4 Å². The number of hydrogen-bond donors (Lipinski definition) is 2. The van der Waals surface area contributed by atoms with Crippen LogP contribution in [0.3, 0.4) is 0 Å². The van der Waals surface area contributed by atoms with E-state index in [1.807, 2.05) is 18.2 Å². The highest BCUT2D eigenvalue weighted by molar-refractivity contribution is 7.90. The lowest BCUT2D eigenvalue weighted by atomic mass is 10.2. The third kappa shape index (κ3) is 5.17. The summed E-state index contributed by atoms with van der Waals surface area (Å²) < 4.78 is 29.6. The quantitative estimate of drug-likeness (QED) is 0.550. The molecule has 0 spiro atoms. The van der Waals surface area contributed by atoms with E-state index >= 15 is 0 Å². The van der Waals surface area contributed by atoms with Crippen molar-refractivity contribution in [1.82, 2.24) is 14.1 Å². The van der Waals surface area contributed by atoms with Crippen LogP contribution >= 0.6 is 11.6 Å². The lowest BCUT2D eigenvalue weighted by molar-refractivity contribution is -0.111. The predicted molar refractivity (Wildman–Crippen MR) is 125 cm³/mol. The minimum atomic E-state index is -3.72. The zero-order chi connectivity index (χ0) is 22.6. The standard InChI is InChI=1S/C22H22ClN5O3S/c23-22-18(28-15-5-3-7-20(28)26-22)12-13-21(29)25-16-8-10-17(11-9-16)32(30,31)27-19-6-2-1-4-14-24-19/h3,5,7-13,15H,1-2,4,6,14H2,(H,24,27)(H,25,29)/b13-12+. The maximum absolute atomic E-state index is 12.6. The normalized spacial score (nSPS) is 14.8. The monoisotopic (exact) mass is 471 g/mol. The average Bonchev–Trinajstić information content (AvgIpc) is 2.90. The maximum atomic E-state index is 12.6. The molecule has 0 saturated heterocycles. The van der Waals surface area contributed by atoms with Gasteiger partial charge in [0.25, 0.3) is 10.0 Å².